The van der Waals surface area contributed by atoms with E-state index < -0.39 is 15.5 Å². The lowest BCUT2D eigenvalue weighted by atomic mass is 10.2. The molecule has 1 amide bonds. The van der Waals surface area contributed by atoms with Crippen LogP contribution in [-0.4, -0.2) is 16.3 Å². The van der Waals surface area contributed by atoms with Crippen LogP contribution < -0.4 is 5.32 Å². The van der Waals surface area contributed by atoms with Crippen molar-refractivity contribution in [3.8, 4) is 0 Å². The third-order valence-electron chi connectivity index (χ3n) is 1.60. The standard InChI is InChI=1S/C7H5N3O5/c11-4-8-6-3-5(9(12)13)1-2-7(6)10(14)15/h1-4H,(H,8,11). The van der Waals surface area contributed by atoms with Crippen LogP contribution >= 0.6 is 0 Å². The van der Waals surface area contributed by atoms with E-state index in [0.29, 0.717) is 0 Å². The molecule has 0 fully saturated rings. The molecule has 1 rings (SSSR count). The second-order valence-corrected chi connectivity index (χ2v) is 2.48. The predicted molar refractivity (Wildman–Crippen MR) is 49.4 cm³/mol. The first-order valence-electron chi connectivity index (χ1n) is 3.69. The minimum atomic E-state index is -0.741. The third-order valence-corrected chi connectivity index (χ3v) is 1.60. The van der Waals surface area contributed by atoms with Crippen molar-refractivity contribution in [1.82, 2.24) is 0 Å². The molecule has 0 atom stereocenters. The van der Waals surface area contributed by atoms with Crippen LogP contribution in [0.2, 0.25) is 0 Å². The van der Waals surface area contributed by atoms with Gasteiger partial charge in [0, 0.05) is 18.2 Å². The Hall–Kier alpha value is -2.51. The molecule has 0 aromatic heterocycles. The monoisotopic (exact) mass is 211 g/mol. The molecule has 0 saturated carbocycles. The number of non-ortho nitro benzene ring substituents is 1. The van der Waals surface area contributed by atoms with Gasteiger partial charge in [0.2, 0.25) is 6.41 Å². The van der Waals surface area contributed by atoms with Crippen molar-refractivity contribution in [2.24, 2.45) is 0 Å². The SMILES string of the molecule is O=CNc1cc([N+](=O)[O-])ccc1[N+](=O)[O-]. The number of rotatable bonds is 4. The molecular formula is C7H5N3O5. The topological polar surface area (TPSA) is 115 Å². The fourth-order valence-corrected chi connectivity index (χ4v) is 0.976. The molecule has 0 bridgehead atoms. The predicted octanol–water partition coefficient (Wildman–Crippen LogP) is 1.07. The molecule has 0 aliphatic carbocycles. The highest BCUT2D eigenvalue weighted by Crippen LogP contribution is 2.28. The van der Waals surface area contributed by atoms with Gasteiger partial charge in [0.1, 0.15) is 5.69 Å². The van der Waals surface area contributed by atoms with Crippen LogP contribution in [0, 0.1) is 20.2 Å². The number of amides is 1. The molecule has 1 aromatic rings. The highest BCUT2D eigenvalue weighted by Gasteiger charge is 2.17. The van der Waals surface area contributed by atoms with Crippen molar-refractivity contribution in [1.29, 1.82) is 0 Å². The minimum Gasteiger partial charge on any atom is -0.323 e. The molecule has 0 unspecified atom stereocenters. The van der Waals surface area contributed by atoms with Crippen LogP contribution in [-0.2, 0) is 4.79 Å². The van der Waals surface area contributed by atoms with E-state index in [0.717, 1.165) is 18.2 Å². The Bertz CT molecular complexity index is 431. The molecule has 78 valence electrons. The van der Waals surface area contributed by atoms with Crippen molar-refractivity contribution in [3.63, 3.8) is 0 Å². The second kappa shape index (κ2) is 4.13. The zero-order chi connectivity index (χ0) is 11.4. The van der Waals surface area contributed by atoms with Gasteiger partial charge in [-0.15, -0.1) is 0 Å². The maximum absolute atomic E-state index is 10.5. The smallest absolute Gasteiger partial charge is 0.293 e. The molecular weight excluding hydrogens is 206 g/mol. The quantitative estimate of drug-likeness (QED) is 0.454. The first-order valence-corrected chi connectivity index (χ1v) is 3.69. The highest BCUT2D eigenvalue weighted by molar-refractivity contribution is 5.79. The van der Waals surface area contributed by atoms with Crippen LogP contribution in [0.5, 0.6) is 0 Å². The van der Waals surface area contributed by atoms with Crippen molar-refractivity contribution in [2.45, 2.75) is 0 Å². The van der Waals surface area contributed by atoms with Crippen LogP contribution in [0.3, 0.4) is 0 Å². The number of benzene rings is 1. The van der Waals surface area contributed by atoms with Crippen LogP contribution in [0.15, 0.2) is 18.2 Å². The highest BCUT2D eigenvalue weighted by atomic mass is 16.6. The Morgan fingerprint density at radius 1 is 1.20 bits per heavy atom. The zero-order valence-electron chi connectivity index (χ0n) is 7.25. The number of hydrogen-bond donors (Lipinski definition) is 1. The van der Waals surface area contributed by atoms with E-state index in [4.69, 9.17) is 0 Å². The zero-order valence-corrected chi connectivity index (χ0v) is 7.25. The van der Waals surface area contributed by atoms with E-state index in [2.05, 4.69) is 0 Å². The molecule has 1 aromatic carbocycles. The molecule has 1 N–H and O–H groups in total. The molecule has 0 radical (unpaired) electrons. The van der Waals surface area contributed by atoms with Crippen molar-refractivity contribution in [3.05, 3.63) is 38.4 Å². The van der Waals surface area contributed by atoms with Gasteiger partial charge in [0.15, 0.2) is 0 Å². The van der Waals surface area contributed by atoms with E-state index in [1.165, 1.54) is 0 Å². The Morgan fingerprint density at radius 3 is 2.33 bits per heavy atom. The van der Waals surface area contributed by atoms with Gasteiger partial charge in [-0.25, -0.2) is 0 Å². The Balaban J connectivity index is 3.25. The van der Waals surface area contributed by atoms with Gasteiger partial charge < -0.3 is 5.32 Å². The van der Waals surface area contributed by atoms with E-state index in [1.807, 2.05) is 5.32 Å². The van der Waals surface area contributed by atoms with Gasteiger partial charge in [-0.2, -0.15) is 0 Å². The average molecular weight is 211 g/mol. The normalized spacial score (nSPS) is 9.33. The maximum atomic E-state index is 10.5. The lowest BCUT2D eigenvalue weighted by molar-refractivity contribution is -0.388. The average Bonchev–Trinajstić information content (AvgIpc) is 2.17. The summed E-state index contributed by atoms with van der Waals surface area (Å²) in [5, 5.41) is 22.8. The van der Waals surface area contributed by atoms with Crippen molar-refractivity contribution >= 4 is 23.5 Å². The molecule has 0 heterocycles. The fourth-order valence-electron chi connectivity index (χ4n) is 0.976. The second-order valence-electron chi connectivity index (χ2n) is 2.48. The number of nitrogens with zero attached hydrogens (tertiary/aromatic N) is 2. The van der Waals surface area contributed by atoms with Gasteiger partial charge in [0.05, 0.1) is 9.85 Å². The van der Waals surface area contributed by atoms with Gasteiger partial charge in [-0.1, -0.05) is 0 Å². The summed E-state index contributed by atoms with van der Waals surface area (Å²) in [6, 6.07) is 2.88. The van der Waals surface area contributed by atoms with Gasteiger partial charge in [-0.05, 0) is 0 Å². The summed E-state index contributed by atoms with van der Waals surface area (Å²) in [6.45, 7) is 0. The molecule has 15 heavy (non-hydrogen) atoms. The molecule has 8 nitrogen and oxygen atoms in total. The minimum absolute atomic E-state index is 0.204. The summed E-state index contributed by atoms with van der Waals surface area (Å²) >= 11 is 0. The van der Waals surface area contributed by atoms with Gasteiger partial charge >= 0.3 is 0 Å². The summed E-state index contributed by atoms with van der Waals surface area (Å²) in [7, 11) is 0. The fraction of sp³-hybridized carbons (Fsp3) is 0. The van der Waals surface area contributed by atoms with Crippen LogP contribution in [0.1, 0.15) is 0 Å². The number of nitro groups is 2. The van der Waals surface area contributed by atoms with Gasteiger partial charge in [0.25, 0.3) is 11.4 Å². The molecule has 0 saturated heterocycles. The first-order chi connectivity index (χ1) is 7.06. The number of nitro benzene ring substituents is 2. The molecule has 0 spiro atoms. The van der Waals surface area contributed by atoms with E-state index in [-0.39, 0.29) is 17.8 Å². The number of hydrogen-bond acceptors (Lipinski definition) is 5. The Labute approximate surface area is 82.8 Å². The van der Waals surface area contributed by atoms with E-state index in [9.17, 15) is 25.0 Å². The third kappa shape index (κ3) is 2.24. The van der Waals surface area contributed by atoms with Crippen molar-refractivity contribution < 1.29 is 14.6 Å². The number of carbonyl (C=O) groups is 1. The summed E-state index contributed by atoms with van der Waals surface area (Å²) in [4.78, 5) is 29.5. The summed E-state index contributed by atoms with van der Waals surface area (Å²) < 4.78 is 0. The Kier molecular flexibility index (Phi) is 2.91. The molecule has 0 aliphatic heterocycles. The molecule has 8 heteroatoms. The van der Waals surface area contributed by atoms with E-state index >= 15 is 0 Å². The number of nitrogens with one attached hydrogen (secondary N) is 1. The lowest BCUT2D eigenvalue weighted by Gasteiger charge is -1.99. The number of anilines is 1. The summed E-state index contributed by atoms with van der Waals surface area (Å²) in [5.74, 6) is 0. The molecule has 0 aliphatic rings. The summed E-state index contributed by atoms with van der Waals surface area (Å²) in [6.07, 6.45) is 0.214. The van der Waals surface area contributed by atoms with Crippen LogP contribution in [0.25, 0.3) is 0 Å². The Morgan fingerprint density at radius 2 is 1.87 bits per heavy atom. The van der Waals surface area contributed by atoms with Crippen LogP contribution in [0.4, 0.5) is 17.1 Å². The summed E-state index contributed by atoms with van der Waals surface area (Å²) in [5.41, 5.74) is -0.929. The lowest BCUT2D eigenvalue weighted by Crippen LogP contribution is -2.00. The van der Waals surface area contributed by atoms with Crippen molar-refractivity contribution in [2.75, 3.05) is 5.32 Å². The number of carbonyl (C=O) groups excluding carboxylic acids is 1. The maximum Gasteiger partial charge on any atom is 0.293 e. The largest absolute Gasteiger partial charge is 0.323 e. The van der Waals surface area contributed by atoms with E-state index in [1.54, 1.807) is 0 Å². The van der Waals surface area contributed by atoms with Gasteiger partial charge in [-0.3, -0.25) is 25.0 Å². The first kappa shape index (κ1) is 10.6.